The van der Waals surface area contributed by atoms with E-state index in [1.54, 1.807) is 0 Å². The fraction of sp³-hybridized carbons (Fsp3) is 1.00. The van der Waals surface area contributed by atoms with Gasteiger partial charge in [-0.15, -0.1) is 0 Å². The molecule has 0 fully saturated rings. The summed E-state index contributed by atoms with van der Waals surface area (Å²) in [6.45, 7) is 4.24. The van der Waals surface area contributed by atoms with E-state index in [0.29, 0.717) is 26.2 Å². The van der Waals surface area contributed by atoms with Gasteiger partial charge in [0.2, 0.25) is 10.0 Å². The molecule has 6 heteroatoms. The Balaban J connectivity index is 3.07. The number of ether oxygens (including phenoxy) is 2. The van der Waals surface area contributed by atoms with Crippen molar-refractivity contribution in [2.45, 2.75) is 19.8 Å². The quantitative estimate of drug-likeness (QED) is 0.565. The van der Waals surface area contributed by atoms with Crippen LogP contribution in [0.4, 0.5) is 0 Å². The molecular formula is C8H19NO4S. The van der Waals surface area contributed by atoms with Crippen molar-refractivity contribution in [3.05, 3.63) is 0 Å². The fourth-order valence-electron chi connectivity index (χ4n) is 0.828. The lowest BCUT2D eigenvalue weighted by Gasteiger charge is -2.04. The van der Waals surface area contributed by atoms with Crippen LogP contribution >= 0.6 is 0 Å². The summed E-state index contributed by atoms with van der Waals surface area (Å²) in [4.78, 5) is 0. The molecule has 0 aromatic carbocycles. The van der Waals surface area contributed by atoms with Crippen LogP contribution in [-0.4, -0.2) is 40.6 Å². The first-order valence-electron chi connectivity index (χ1n) is 4.72. The van der Waals surface area contributed by atoms with E-state index in [1.165, 1.54) is 0 Å². The van der Waals surface area contributed by atoms with Crippen LogP contribution in [0.3, 0.4) is 0 Å². The number of primary sulfonamides is 1. The maximum absolute atomic E-state index is 10.5. The Hall–Kier alpha value is -0.170. The van der Waals surface area contributed by atoms with Crippen LogP contribution in [0.1, 0.15) is 19.8 Å². The maximum Gasteiger partial charge on any atom is 0.209 e. The maximum atomic E-state index is 10.5. The van der Waals surface area contributed by atoms with Gasteiger partial charge in [-0.25, -0.2) is 13.6 Å². The number of hydrogen-bond acceptors (Lipinski definition) is 4. The van der Waals surface area contributed by atoms with Crippen LogP contribution in [-0.2, 0) is 19.5 Å². The predicted octanol–water partition coefficient (Wildman–Crippen LogP) is 0.108. The van der Waals surface area contributed by atoms with E-state index >= 15 is 0 Å². The van der Waals surface area contributed by atoms with Gasteiger partial charge in [-0.2, -0.15) is 0 Å². The lowest BCUT2D eigenvalue weighted by molar-refractivity contribution is 0.0484. The van der Waals surface area contributed by atoms with Crippen molar-refractivity contribution in [1.29, 1.82) is 0 Å². The zero-order valence-corrected chi connectivity index (χ0v) is 9.38. The Morgan fingerprint density at radius 2 is 1.64 bits per heavy atom. The molecule has 0 aliphatic rings. The number of sulfonamides is 1. The minimum absolute atomic E-state index is 0.0250. The van der Waals surface area contributed by atoms with Crippen molar-refractivity contribution in [2.75, 3.05) is 32.2 Å². The number of nitrogens with two attached hydrogens (primary N) is 1. The zero-order valence-electron chi connectivity index (χ0n) is 8.57. The van der Waals surface area contributed by atoms with E-state index in [0.717, 1.165) is 13.0 Å². The molecule has 0 saturated carbocycles. The minimum Gasteiger partial charge on any atom is -0.379 e. The van der Waals surface area contributed by atoms with E-state index in [9.17, 15) is 8.42 Å². The molecule has 14 heavy (non-hydrogen) atoms. The zero-order chi connectivity index (χ0) is 10.9. The highest BCUT2D eigenvalue weighted by atomic mass is 32.2. The van der Waals surface area contributed by atoms with Gasteiger partial charge in [-0.3, -0.25) is 0 Å². The summed E-state index contributed by atoms with van der Waals surface area (Å²) in [5, 5.41) is 4.81. The van der Waals surface area contributed by atoms with Crippen molar-refractivity contribution in [1.82, 2.24) is 0 Å². The molecule has 0 rings (SSSR count). The van der Waals surface area contributed by atoms with Crippen molar-refractivity contribution in [2.24, 2.45) is 5.14 Å². The van der Waals surface area contributed by atoms with E-state index < -0.39 is 10.0 Å². The predicted molar refractivity (Wildman–Crippen MR) is 54.5 cm³/mol. The van der Waals surface area contributed by atoms with Gasteiger partial charge < -0.3 is 9.47 Å². The summed E-state index contributed by atoms with van der Waals surface area (Å²) in [7, 11) is -3.34. The van der Waals surface area contributed by atoms with E-state index in [4.69, 9.17) is 14.6 Å². The second kappa shape index (κ2) is 8.16. The first kappa shape index (κ1) is 13.8. The molecule has 0 bridgehead atoms. The van der Waals surface area contributed by atoms with Crippen LogP contribution in [0.15, 0.2) is 0 Å². The van der Waals surface area contributed by atoms with Crippen LogP contribution < -0.4 is 5.14 Å². The Morgan fingerprint density at radius 3 is 2.14 bits per heavy atom. The number of hydrogen-bond donors (Lipinski definition) is 1. The van der Waals surface area contributed by atoms with Gasteiger partial charge in [0, 0.05) is 13.2 Å². The van der Waals surface area contributed by atoms with Gasteiger partial charge in [0.25, 0.3) is 0 Å². The molecule has 0 amide bonds. The molecule has 0 aromatic heterocycles. The molecule has 86 valence electrons. The molecule has 0 aliphatic heterocycles. The van der Waals surface area contributed by atoms with Crippen molar-refractivity contribution in [3.63, 3.8) is 0 Å². The van der Waals surface area contributed by atoms with E-state index in [1.807, 2.05) is 6.92 Å². The average molecular weight is 225 g/mol. The summed E-state index contributed by atoms with van der Waals surface area (Å²) < 4.78 is 31.3. The molecule has 2 N–H and O–H groups in total. The molecular weight excluding hydrogens is 206 g/mol. The normalized spacial score (nSPS) is 11.9. The minimum atomic E-state index is -3.34. The summed E-state index contributed by atoms with van der Waals surface area (Å²) in [6, 6.07) is 0. The van der Waals surface area contributed by atoms with Gasteiger partial charge >= 0.3 is 0 Å². The lowest BCUT2D eigenvalue weighted by Crippen LogP contribution is -2.18. The van der Waals surface area contributed by atoms with Crippen LogP contribution in [0.2, 0.25) is 0 Å². The van der Waals surface area contributed by atoms with Gasteiger partial charge in [0.05, 0.1) is 19.0 Å². The molecule has 0 unspecified atom stereocenters. The van der Waals surface area contributed by atoms with Crippen molar-refractivity contribution < 1.29 is 17.9 Å². The standard InChI is InChI=1S/C8H19NO4S/c1-2-4-12-6-7-13-5-3-8-14(9,10)11/h2-8H2,1H3,(H2,9,10,11). The molecule has 0 atom stereocenters. The fourth-order valence-corrected chi connectivity index (χ4v) is 1.35. The Bertz CT molecular complexity index is 215. The van der Waals surface area contributed by atoms with E-state index in [-0.39, 0.29) is 5.75 Å². The van der Waals surface area contributed by atoms with Crippen molar-refractivity contribution >= 4 is 10.0 Å². The Labute approximate surface area is 85.6 Å². The first-order chi connectivity index (χ1) is 6.56. The van der Waals surface area contributed by atoms with E-state index in [2.05, 4.69) is 0 Å². The summed E-state index contributed by atoms with van der Waals surface area (Å²) in [5.41, 5.74) is 0. The molecule has 0 radical (unpaired) electrons. The molecule has 0 aliphatic carbocycles. The van der Waals surface area contributed by atoms with Gasteiger partial charge in [-0.1, -0.05) is 6.92 Å². The third kappa shape index (κ3) is 11.8. The number of rotatable bonds is 9. The smallest absolute Gasteiger partial charge is 0.209 e. The molecule has 5 nitrogen and oxygen atoms in total. The van der Waals surface area contributed by atoms with Crippen LogP contribution in [0, 0.1) is 0 Å². The van der Waals surface area contributed by atoms with Crippen LogP contribution in [0.5, 0.6) is 0 Å². The highest BCUT2D eigenvalue weighted by Gasteiger charge is 2.00. The highest BCUT2D eigenvalue weighted by Crippen LogP contribution is 1.88. The molecule has 0 saturated heterocycles. The largest absolute Gasteiger partial charge is 0.379 e. The van der Waals surface area contributed by atoms with Gasteiger partial charge in [0.1, 0.15) is 0 Å². The summed E-state index contributed by atoms with van der Waals surface area (Å²) >= 11 is 0. The Morgan fingerprint density at radius 1 is 1.07 bits per heavy atom. The summed E-state index contributed by atoms with van der Waals surface area (Å²) in [5.74, 6) is -0.0250. The third-order valence-electron chi connectivity index (χ3n) is 1.44. The summed E-state index contributed by atoms with van der Waals surface area (Å²) in [6.07, 6.45) is 1.43. The molecule has 0 aromatic rings. The third-order valence-corrected chi connectivity index (χ3v) is 2.30. The Kier molecular flexibility index (Phi) is 8.07. The monoisotopic (exact) mass is 225 g/mol. The van der Waals surface area contributed by atoms with Gasteiger partial charge in [0.15, 0.2) is 0 Å². The highest BCUT2D eigenvalue weighted by molar-refractivity contribution is 7.89. The first-order valence-corrected chi connectivity index (χ1v) is 6.43. The average Bonchev–Trinajstić information content (AvgIpc) is 2.08. The SMILES string of the molecule is CCCOCCOCCCS(N)(=O)=O. The molecule has 0 heterocycles. The lowest BCUT2D eigenvalue weighted by atomic mass is 10.5. The van der Waals surface area contributed by atoms with Crippen LogP contribution in [0.25, 0.3) is 0 Å². The van der Waals surface area contributed by atoms with Crippen molar-refractivity contribution in [3.8, 4) is 0 Å². The second-order valence-electron chi connectivity index (χ2n) is 2.95. The van der Waals surface area contributed by atoms with Gasteiger partial charge in [-0.05, 0) is 12.8 Å². The molecule has 0 spiro atoms. The topological polar surface area (TPSA) is 78.6 Å². The second-order valence-corrected chi connectivity index (χ2v) is 4.68.